The van der Waals surface area contributed by atoms with Crippen LogP contribution in [0.5, 0.6) is 0 Å². The molecule has 0 aliphatic heterocycles. The number of allylic oxidation sites excluding steroid dienone is 2. The molecule has 3 heteroatoms. The highest BCUT2D eigenvalue weighted by molar-refractivity contribution is 6.50. The number of hydrogen-bond donors (Lipinski definition) is 2. The molecule has 0 heterocycles. The van der Waals surface area contributed by atoms with Gasteiger partial charge in [-0.25, -0.2) is 0 Å². The summed E-state index contributed by atoms with van der Waals surface area (Å²) in [5, 5.41) is 2.87. The molecule has 3 N–H and O–H groups in total. The predicted molar refractivity (Wildman–Crippen MR) is 38.3 cm³/mol. The Labute approximate surface area is 50.6 Å². The van der Waals surface area contributed by atoms with Crippen LogP contribution in [-0.2, 0) is 0 Å². The number of rotatable bonds is 3. The Morgan fingerprint density at radius 2 is 2.38 bits per heavy atom. The molecule has 8 heavy (non-hydrogen) atoms. The Morgan fingerprint density at radius 1 is 1.75 bits per heavy atom. The average Bonchev–Trinajstić information content (AvgIpc) is 1.66. The molecule has 0 aromatic carbocycles. The van der Waals surface area contributed by atoms with Gasteiger partial charge in [0.05, 0.1) is 0 Å². The lowest BCUT2D eigenvalue weighted by Gasteiger charge is -1.95. The van der Waals surface area contributed by atoms with Crippen molar-refractivity contribution in [1.82, 2.24) is 5.23 Å². The van der Waals surface area contributed by atoms with Crippen molar-refractivity contribution in [2.75, 3.05) is 0 Å². The van der Waals surface area contributed by atoms with Crippen molar-refractivity contribution >= 4 is 6.98 Å². The molecule has 0 saturated heterocycles. The molecule has 0 fully saturated rings. The Bertz CT molecular complexity index is 88.4. The number of hydrogen-bond acceptors (Lipinski definition) is 2. The summed E-state index contributed by atoms with van der Waals surface area (Å²) in [4.78, 5) is 0. The van der Waals surface area contributed by atoms with Crippen LogP contribution in [0, 0.1) is 0 Å². The largest absolute Gasteiger partial charge is 0.421 e. The van der Waals surface area contributed by atoms with Crippen molar-refractivity contribution in [3.8, 4) is 0 Å². The van der Waals surface area contributed by atoms with E-state index in [4.69, 9.17) is 5.64 Å². The van der Waals surface area contributed by atoms with E-state index in [0.29, 0.717) is 0 Å². The molecule has 0 aliphatic carbocycles. The highest BCUT2D eigenvalue weighted by Gasteiger charge is 1.89. The molecule has 0 aromatic rings. The summed E-state index contributed by atoms with van der Waals surface area (Å²) in [7, 11) is 0. The zero-order valence-electron chi connectivity index (χ0n) is 5.09. The Hall–Kier alpha value is -0.695. The molecule has 0 rings (SSSR count). The van der Waals surface area contributed by atoms with Crippen LogP contribution in [-0.4, -0.2) is 6.98 Å². The van der Waals surface area contributed by atoms with E-state index in [1.807, 2.05) is 6.82 Å². The van der Waals surface area contributed by atoms with E-state index in [1.54, 1.807) is 18.4 Å². The van der Waals surface area contributed by atoms with Crippen LogP contribution >= 0.6 is 0 Å². The summed E-state index contributed by atoms with van der Waals surface area (Å²) in [5.41, 5.74) is 5.34. The molecule has 0 bridgehead atoms. The fraction of sp³-hybridized carbons (Fsp3) is 0.200. The molecule has 44 valence electrons. The first-order chi connectivity index (χ1) is 3.77. The first-order valence-corrected chi connectivity index (χ1v) is 2.56. The molecule has 0 aliphatic rings. The molecule has 0 unspecified atom stereocenters. The van der Waals surface area contributed by atoms with Crippen LogP contribution in [0.1, 0.15) is 0 Å². The zero-order valence-corrected chi connectivity index (χ0v) is 5.09. The summed E-state index contributed by atoms with van der Waals surface area (Å²) in [5.74, 6) is 0. The van der Waals surface area contributed by atoms with Gasteiger partial charge in [0.25, 0.3) is 0 Å². The van der Waals surface area contributed by atoms with E-state index >= 15 is 0 Å². The van der Waals surface area contributed by atoms with Gasteiger partial charge in [-0.2, -0.15) is 0 Å². The van der Waals surface area contributed by atoms with E-state index in [0.717, 1.165) is 0 Å². The minimum atomic E-state index is 0.0196. The highest BCUT2D eigenvalue weighted by Crippen LogP contribution is 1.67. The summed E-state index contributed by atoms with van der Waals surface area (Å²) in [6.07, 6.45) is 5.25. The molecule has 0 aromatic heterocycles. The lowest BCUT2D eigenvalue weighted by molar-refractivity contribution is 1.29. The van der Waals surface area contributed by atoms with E-state index in [9.17, 15) is 0 Å². The second-order valence-electron chi connectivity index (χ2n) is 1.55. The lowest BCUT2D eigenvalue weighted by Crippen LogP contribution is -2.35. The molecule has 2 nitrogen and oxygen atoms in total. The van der Waals surface area contributed by atoms with Gasteiger partial charge in [0.1, 0.15) is 0 Å². The molecular formula is C5H11BN2. The SMILES string of the molecule is C=C/C=C\NB(C)N. The maximum absolute atomic E-state index is 5.34. The Balaban J connectivity index is 3.15. The van der Waals surface area contributed by atoms with E-state index in [1.165, 1.54) is 0 Å². The standard InChI is InChI=1S/C5H11BN2/c1-3-4-5-8-6(2)7/h3-5,8H,1,7H2,2H3/b5-4-. The molecule has 0 spiro atoms. The van der Waals surface area contributed by atoms with E-state index in [2.05, 4.69) is 11.8 Å². The maximum Gasteiger partial charge on any atom is 0.331 e. The van der Waals surface area contributed by atoms with Gasteiger partial charge in [0, 0.05) is 0 Å². The predicted octanol–water partition coefficient (Wildman–Crippen LogP) is 0.352. The van der Waals surface area contributed by atoms with Crippen LogP contribution in [0.3, 0.4) is 0 Å². The summed E-state index contributed by atoms with van der Waals surface area (Å²) in [6, 6.07) is 0. The first kappa shape index (κ1) is 7.30. The van der Waals surface area contributed by atoms with Gasteiger partial charge in [-0.05, 0) is 12.3 Å². The van der Waals surface area contributed by atoms with Gasteiger partial charge in [-0.3, -0.25) is 0 Å². The minimum Gasteiger partial charge on any atom is -0.421 e. The highest BCUT2D eigenvalue weighted by atomic mass is 14.8. The second kappa shape index (κ2) is 4.46. The summed E-state index contributed by atoms with van der Waals surface area (Å²) in [6.45, 7) is 5.38. The van der Waals surface area contributed by atoms with Crippen molar-refractivity contribution in [1.29, 1.82) is 0 Å². The van der Waals surface area contributed by atoms with Crippen LogP contribution in [0.15, 0.2) is 24.9 Å². The minimum absolute atomic E-state index is 0.0196. The lowest BCUT2D eigenvalue weighted by atomic mass is 9.84. The third kappa shape index (κ3) is 5.30. The smallest absolute Gasteiger partial charge is 0.331 e. The third-order valence-electron chi connectivity index (χ3n) is 0.591. The van der Waals surface area contributed by atoms with Crippen LogP contribution in [0.2, 0.25) is 6.82 Å². The van der Waals surface area contributed by atoms with Crippen molar-refractivity contribution in [2.24, 2.45) is 5.64 Å². The maximum atomic E-state index is 5.34. The fourth-order valence-electron chi connectivity index (χ4n) is 0.275. The monoisotopic (exact) mass is 110 g/mol. The summed E-state index contributed by atoms with van der Waals surface area (Å²) >= 11 is 0. The van der Waals surface area contributed by atoms with Crippen LogP contribution < -0.4 is 10.9 Å². The summed E-state index contributed by atoms with van der Waals surface area (Å²) < 4.78 is 0. The topological polar surface area (TPSA) is 38.0 Å². The zero-order chi connectivity index (χ0) is 6.41. The molecular weight excluding hydrogens is 98.9 g/mol. The van der Waals surface area contributed by atoms with Crippen LogP contribution in [0.4, 0.5) is 0 Å². The van der Waals surface area contributed by atoms with Gasteiger partial charge in [-0.15, -0.1) is 0 Å². The second-order valence-corrected chi connectivity index (χ2v) is 1.55. The molecule has 0 saturated carbocycles. The van der Waals surface area contributed by atoms with E-state index < -0.39 is 0 Å². The average molecular weight is 110 g/mol. The first-order valence-electron chi connectivity index (χ1n) is 2.56. The number of nitrogens with one attached hydrogen (secondary N) is 1. The fourth-order valence-corrected chi connectivity index (χ4v) is 0.275. The molecule has 0 radical (unpaired) electrons. The van der Waals surface area contributed by atoms with Gasteiger partial charge in [0.15, 0.2) is 0 Å². The Morgan fingerprint density at radius 3 is 2.75 bits per heavy atom. The normalized spacial score (nSPS) is 9.25. The third-order valence-corrected chi connectivity index (χ3v) is 0.591. The van der Waals surface area contributed by atoms with Crippen LogP contribution in [0.25, 0.3) is 0 Å². The van der Waals surface area contributed by atoms with Crippen molar-refractivity contribution in [3.63, 3.8) is 0 Å². The molecule has 0 amide bonds. The quantitative estimate of drug-likeness (QED) is 0.406. The van der Waals surface area contributed by atoms with E-state index in [-0.39, 0.29) is 6.98 Å². The molecule has 0 atom stereocenters. The van der Waals surface area contributed by atoms with Gasteiger partial charge in [0.2, 0.25) is 0 Å². The Kier molecular flexibility index (Phi) is 4.08. The van der Waals surface area contributed by atoms with Crippen molar-refractivity contribution in [3.05, 3.63) is 24.9 Å². The van der Waals surface area contributed by atoms with Gasteiger partial charge >= 0.3 is 6.98 Å². The van der Waals surface area contributed by atoms with Crippen molar-refractivity contribution < 1.29 is 0 Å². The number of nitrogens with two attached hydrogens (primary N) is 1. The van der Waals surface area contributed by atoms with Gasteiger partial charge in [-0.1, -0.05) is 19.5 Å². The van der Waals surface area contributed by atoms with Gasteiger partial charge < -0.3 is 10.9 Å². The van der Waals surface area contributed by atoms with Crippen molar-refractivity contribution in [2.45, 2.75) is 6.82 Å².